The molecule has 0 radical (unpaired) electrons. The maximum absolute atomic E-state index is 11.6. The highest BCUT2D eigenvalue weighted by Gasteiger charge is 2.18. The van der Waals surface area contributed by atoms with Gasteiger partial charge in [-0.3, -0.25) is 4.98 Å². The first-order valence-corrected chi connectivity index (χ1v) is 8.77. The van der Waals surface area contributed by atoms with Crippen LogP contribution in [0.1, 0.15) is 26.7 Å². The molecular weight excluding hydrogens is 298 g/mol. The van der Waals surface area contributed by atoms with E-state index in [0.717, 1.165) is 12.8 Å². The number of hydrogen-bond donors (Lipinski definition) is 0. The molecule has 20 heavy (non-hydrogen) atoms. The van der Waals surface area contributed by atoms with E-state index in [-0.39, 0.29) is 11.0 Å². The molecule has 0 aliphatic rings. The molecule has 108 valence electrons. The predicted molar refractivity (Wildman–Crippen MR) is 79.8 cm³/mol. The van der Waals surface area contributed by atoms with Crippen molar-refractivity contribution in [1.82, 2.24) is 4.98 Å². The Bertz CT molecular complexity index is 711. The van der Waals surface area contributed by atoms with Crippen molar-refractivity contribution < 1.29 is 13.2 Å². The van der Waals surface area contributed by atoms with E-state index in [1.54, 1.807) is 18.2 Å². The molecule has 0 amide bonds. The van der Waals surface area contributed by atoms with Crippen molar-refractivity contribution in [3.63, 3.8) is 0 Å². The number of ether oxygens (including phenoxy) is 1. The van der Waals surface area contributed by atoms with E-state index in [2.05, 4.69) is 4.98 Å². The van der Waals surface area contributed by atoms with E-state index in [9.17, 15) is 8.42 Å². The van der Waals surface area contributed by atoms with Crippen molar-refractivity contribution in [2.24, 2.45) is 0 Å². The Balaban J connectivity index is 2.60. The van der Waals surface area contributed by atoms with Crippen LogP contribution in [0, 0.1) is 0 Å². The molecule has 0 spiro atoms. The Morgan fingerprint density at radius 1 is 1.25 bits per heavy atom. The first-order valence-electron chi connectivity index (χ1n) is 6.46. The zero-order valence-electron chi connectivity index (χ0n) is 11.3. The SMILES string of the molecule is CCC(CC)Oc1ccc(S(=O)(=O)Cl)c2ncccc12. The fraction of sp³-hybridized carbons (Fsp3) is 0.357. The molecule has 0 N–H and O–H groups in total. The Morgan fingerprint density at radius 3 is 2.55 bits per heavy atom. The van der Waals surface area contributed by atoms with Gasteiger partial charge in [0.1, 0.15) is 10.6 Å². The Hall–Kier alpha value is -1.33. The van der Waals surface area contributed by atoms with Gasteiger partial charge in [0.2, 0.25) is 0 Å². The van der Waals surface area contributed by atoms with Crippen LogP contribution in [0.5, 0.6) is 5.75 Å². The number of halogens is 1. The molecule has 0 aliphatic heterocycles. The zero-order chi connectivity index (χ0) is 14.8. The molecule has 1 heterocycles. The second-order valence-electron chi connectivity index (χ2n) is 4.46. The number of benzene rings is 1. The molecular formula is C14H16ClNO3S. The summed E-state index contributed by atoms with van der Waals surface area (Å²) in [5, 5.41) is 0.654. The topological polar surface area (TPSA) is 56.3 Å². The minimum atomic E-state index is -3.83. The summed E-state index contributed by atoms with van der Waals surface area (Å²) in [6.45, 7) is 4.10. The van der Waals surface area contributed by atoms with Crippen LogP contribution in [0.4, 0.5) is 0 Å². The minimum Gasteiger partial charge on any atom is -0.490 e. The lowest BCUT2D eigenvalue weighted by atomic mass is 10.2. The Kier molecular flexibility index (Phi) is 4.50. The van der Waals surface area contributed by atoms with Gasteiger partial charge < -0.3 is 4.74 Å². The van der Waals surface area contributed by atoms with Crippen molar-refractivity contribution in [3.8, 4) is 5.75 Å². The van der Waals surface area contributed by atoms with Crippen LogP contribution in [-0.2, 0) is 9.05 Å². The zero-order valence-corrected chi connectivity index (χ0v) is 12.9. The Labute approximate surface area is 123 Å². The fourth-order valence-corrected chi connectivity index (χ4v) is 3.05. The second kappa shape index (κ2) is 5.97. The molecule has 1 aromatic heterocycles. The first kappa shape index (κ1) is 15.1. The van der Waals surface area contributed by atoms with Crippen molar-refractivity contribution in [2.45, 2.75) is 37.7 Å². The molecule has 0 fully saturated rings. The van der Waals surface area contributed by atoms with Gasteiger partial charge in [-0.05, 0) is 37.1 Å². The monoisotopic (exact) mass is 313 g/mol. The highest BCUT2D eigenvalue weighted by atomic mass is 35.7. The summed E-state index contributed by atoms with van der Waals surface area (Å²) in [6.07, 6.45) is 3.40. The van der Waals surface area contributed by atoms with Crippen LogP contribution in [0.15, 0.2) is 35.4 Å². The van der Waals surface area contributed by atoms with Crippen LogP contribution in [0.3, 0.4) is 0 Å². The third kappa shape index (κ3) is 3.04. The fourth-order valence-electron chi connectivity index (χ4n) is 2.05. The quantitative estimate of drug-likeness (QED) is 0.789. The van der Waals surface area contributed by atoms with Crippen molar-refractivity contribution >= 4 is 30.6 Å². The molecule has 2 aromatic rings. The van der Waals surface area contributed by atoms with Gasteiger partial charge in [0.05, 0.1) is 11.6 Å². The molecule has 4 nitrogen and oxygen atoms in total. The van der Waals surface area contributed by atoms with Gasteiger partial charge in [-0.2, -0.15) is 0 Å². The molecule has 0 aliphatic carbocycles. The van der Waals surface area contributed by atoms with E-state index < -0.39 is 9.05 Å². The summed E-state index contributed by atoms with van der Waals surface area (Å²) in [5.74, 6) is 0.630. The molecule has 0 unspecified atom stereocenters. The third-order valence-corrected chi connectivity index (χ3v) is 4.51. The molecule has 6 heteroatoms. The average molecular weight is 314 g/mol. The maximum atomic E-state index is 11.6. The van der Waals surface area contributed by atoms with E-state index in [4.69, 9.17) is 15.4 Å². The van der Waals surface area contributed by atoms with Gasteiger partial charge in [0, 0.05) is 22.3 Å². The van der Waals surface area contributed by atoms with Gasteiger partial charge in [-0.1, -0.05) is 13.8 Å². The second-order valence-corrected chi connectivity index (χ2v) is 6.99. The van der Waals surface area contributed by atoms with Gasteiger partial charge in [0.25, 0.3) is 9.05 Å². The van der Waals surface area contributed by atoms with Crippen molar-refractivity contribution in [2.75, 3.05) is 0 Å². The first-order chi connectivity index (χ1) is 9.47. The number of pyridine rings is 1. The minimum absolute atomic E-state index is 0.00617. The lowest BCUT2D eigenvalue weighted by molar-refractivity contribution is 0.195. The largest absolute Gasteiger partial charge is 0.490 e. The molecule has 1 aromatic carbocycles. The standard InChI is InChI=1S/C14H16ClNO3S/c1-3-10(4-2)19-12-7-8-13(20(15,17)18)14-11(12)6-5-9-16-14/h5-10H,3-4H2,1-2H3. The summed E-state index contributed by atoms with van der Waals surface area (Å²) in [6, 6.07) is 6.60. The van der Waals surface area contributed by atoms with Gasteiger partial charge in [-0.15, -0.1) is 0 Å². The normalized spacial score (nSPS) is 12.0. The highest BCUT2D eigenvalue weighted by molar-refractivity contribution is 8.14. The maximum Gasteiger partial charge on any atom is 0.263 e. The number of fused-ring (bicyclic) bond motifs is 1. The lowest BCUT2D eigenvalue weighted by Crippen LogP contribution is -2.14. The van der Waals surface area contributed by atoms with Gasteiger partial charge in [0.15, 0.2) is 0 Å². The molecule has 0 bridgehead atoms. The average Bonchev–Trinajstić information content (AvgIpc) is 2.43. The summed E-state index contributed by atoms with van der Waals surface area (Å²) >= 11 is 0. The van der Waals surface area contributed by atoms with E-state index in [0.29, 0.717) is 16.7 Å². The predicted octanol–water partition coefficient (Wildman–Crippen LogP) is 3.73. The summed E-state index contributed by atoms with van der Waals surface area (Å²) in [4.78, 5) is 4.13. The van der Waals surface area contributed by atoms with Crippen LogP contribution in [0.2, 0.25) is 0 Å². The van der Waals surface area contributed by atoms with E-state index in [1.807, 2.05) is 13.8 Å². The van der Waals surface area contributed by atoms with E-state index in [1.165, 1.54) is 12.3 Å². The molecule has 2 rings (SSSR count). The van der Waals surface area contributed by atoms with E-state index >= 15 is 0 Å². The highest BCUT2D eigenvalue weighted by Crippen LogP contribution is 2.32. The van der Waals surface area contributed by atoms with Crippen LogP contribution in [0.25, 0.3) is 10.9 Å². The third-order valence-electron chi connectivity index (χ3n) is 3.16. The van der Waals surface area contributed by atoms with Crippen LogP contribution >= 0.6 is 10.7 Å². The van der Waals surface area contributed by atoms with Crippen LogP contribution < -0.4 is 4.74 Å². The number of aromatic nitrogens is 1. The van der Waals surface area contributed by atoms with Crippen molar-refractivity contribution in [1.29, 1.82) is 0 Å². The van der Waals surface area contributed by atoms with Gasteiger partial charge >= 0.3 is 0 Å². The smallest absolute Gasteiger partial charge is 0.263 e. The van der Waals surface area contributed by atoms with Gasteiger partial charge in [-0.25, -0.2) is 8.42 Å². The van der Waals surface area contributed by atoms with Crippen LogP contribution in [-0.4, -0.2) is 19.5 Å². The summed E-state index contributed by atoms with van der Waals surface area (Å²) in [5.41, 5.74) is 0.339. The summed E-state index contributed by atoms with van der Waals surface area (Å²) < 4.78 is 29.1. The lowest BCUT2D eigenvalue weighted by Gasteiger charge is -2.17. The van der Waals surface area contributed by atoms with Crippen molar-refractivity contribution in [3.05, 3.63) is 30.5 Å². The molecule has 0 atom stereocenters. The number of hydrogen-bond acceptors (Lipinski definition) is 4. The molecule has 0 saturated heterocycles. The number of rotatable bonds is 5. The number of nitrogens with zero attached hydrogens (tertiary/aromatic N) is 1. The summed E-state index contributed by atoms with van der Waals surface area (Å²) in [7, 11) is 1.61. The molecule has 0 saturated carbocycles. The Morgan fingerprint density at radius 2 is 1.95 bits per heavy atom.